The third-order valence-corrected chi connectivity index (χ3v) is 5.58. The summed E-state index contributed by atoms with van der Waals surface area (Å²) < 4.78 is 0. The molecular weight excluding hydrogens is 252 g/mol. The molecule has 20 heavy (non-hydrogen) atoms. The highest BCUT2D eigenvalue weighted by Gasteiger charge is 2.67. The second-order valence-electron chi connectivity index (χ2n) is 6.37. The highest BCUT2D eigenvalue weighted by atomic mass is 16.2. The number of hydrogen-bond acceptors (Lipinski definition) is 3. The van der Waals surface area contributed by atoms with Crippen LogP contribution in [0.25, 0.3) is 0 Å². The Labute approximate surface area is 116 Å². The van der Waals surface area contributed by atoms with Crippen LogP contribution in [-0.4, -0.2) is 16.8 Å². The lowest BCUT2D eigenvalue weighted by Gasteiger charge is -2.37. The molecule has 6 atom stereocenters. The number of hydrogen-bond donors (Lipinski definition) is 0. The molecule has 2 bridgehead atoms. The molecule has 0 spiro atoms. The van der Waals surface area contributed by atoms with Gasteiger partial charge in [-0.2, -0.15) is 0 Å². The van der Waals surface area contributed by atoms with E-state index in [4.69, 9.17) is 0 Å². The van der Waals surface area contributed by atoms with E-state index in [0.29, 0.717) is 29.4 Å². The number of rotatable bonds is 1. The summed E-state index contributed by atoms with van der Waals surface area (Å²) in [5, 5.41) is 0. The normalized spacial score (nSPS) is 43.7. The number of nitrogens with zero attached hydrogens (tertiary/aromatic N) is 2. The first-order chi connectivity index (χ1) is 9.77. The molecule has 4 heteroatoms. The van der Waals surface area contributed by atoms with Crippen molar-refractivity contribution in [3.8, 4) is 0 Å². The zero-order valence-corrected chi connectivity index (χ0v) is 10.8. The predicted octanol–water partition coefficient (Wildman–Crippen LogP) is 1.64. The van der Waals surface area contributed by atoms with Crippen LogP contribution in [0.2, 0.25) is 0 Å². The first kappa shape index (κ1) is 10.8. The van der Waals surface area contributed by atoms with Crippen molar-refractivity contribution in [2.75, 3.05) is 4.90 Å². The Morgan fingerprint density at radius 1 is 0.950 bits per heavy atom. The van der Waals surface area contributed by atoms with Crippen molar-refractivity contribution >= 4 is 17.5 Å². The summed E-state index contributed by atoms with van der Waals surface area (Å²) in [4.78, 5) is 30.9. The second-order valence-corrected chi connectivity index (χ2v) is 6.37. The fourth-order valence-corrected chi connectivity index (χ4v) is 4.70. The SMILES string of the molecule is O=C1[C@@H]2[C@H]3C=C[C@@H]([C@@H]4C[C@H]34)[C@@H]2C(=O)N1c1ccncc1. The molecule has 0 unspecified atom stereocenters. The molecule has 0 aromatic carbocycles. The van der Waals surface area contributed by atoms with Gasteiger partial charge in [0.1, 0.15) is 0 Å². The lowest BCUT2D eigenvalue weighted by atomic mass is 9.63. The minimum absolute atomic E-state index is 0.00380. The minimum Gasteiger partial charge on any atom is -0.274 e. The maximum atomic E-state index is 12.8. The summed E-state index contributed by atoms with van der Waals surface area (Å²) in [5.41, 5.74) is 0.664. The fraction of sp³-hybridized carbons (Fsp3) is 0.438. The molecule has 0 N–H and O–H groups in total. The number of carbonyl (C=O) groups is 2. The lowest BCUT2D eigenvalue weighted by Crippen LogP contribution is -2.40. The monoisotopic (exact) mass is 266 g/mol. The summed E-state index contributed by atoms with van der Waals surface area (Å²) >= 11 is 0. The Balaban J connectivity index is 1.61. The summed E-state index contributed by atoms with van der Waals surface area (Å²) in [6.07, 6.45) is 8.85. The molecule has 1 aromatic rings. The topological polar surface area (TPSA) is 50.3 Å². The van der Waals surface area contributed by atoms with Gasteiger partial charge in [0.05, 0.1) is 17.5 Å². The van der Waals surface area contributed by atoms with Crippen LogP contribution in [0.4, 0.5) is 5.69 Å². The maximum Gasteiger partial charge on any atom is 0.238 e. The van der Waals surface area contributed by atoms with E-state index in [9.17, 15) is 9.59 Å². The Bertz CT molecular complexity index is 618. The van der Waals surface area contributed by atoms with Gasteiger partial charge in [-0.3, -0.25) is 14.6 Å². The van der Waals surface area contributed by atoms with E-state index in [1.54, 1.807) is 24.5 Å². The fourth-order valence-electron chi connectivity index (χ4n) is 4.70. The van der Waals surface area contributed by atoms with Crippen molar-refractivity contribution < 1.29 is 9.59 Å². The molecule has 1 aromatic heterocycles. The van der Waals surface area contributed by atoms with Gasteiger partial charge in [0.2, 0.25) is 11.8 Å². The van der Waals surface area contributed by atoms with E-state index in [-0.39, 0.29) is 23.7 Å². The molecule has 100 valence electrons. The van der Waals surface area contributed by atoms with Crippen molar-refractivity contribution in [1.82, 2.24) is 4.98 Å². The van der Waals surface area contributed by atoms with E-state index < -0.39 is 0 Å². The summed E-state index contributed by atoms with van der Waals surface area (Å²) in [6, 6.07) is 3.48. The van der Waals surface area contributed by atoms with E-state index in [0.717, 1.165) is 0 Å². The van der Waals surface area contributed by atoms with E-state index in [1.165, 1.54) is 11.3 Å². The van der Waals surface area contributed by atoms with E-state index >= 15 is 0 Å². The van der Waals surface area contributed by atoms with Gasteiger partial charge < -0.3 is 0 Å². The van der Waals surface area contributed by atoms with Crippen LogP contribution in [0.1, 0.15) is 6.42 Å². The van der Waals surface area contributed by atoms with Crippen LogP contribution < -0.4 is 4.90 Å². The number of imide groups is 1. The number of allylic oxidation sites excluding steroid dienone is 2. The number of aromatic nitrogens is 1. The molecule has 0 radical (unpaired) electrons. The van der Waals surface area contributed by atoms with E-state index in [2.05, 4.69) is 17.1 Å². The molecule has 5 aliphatic rings. The Morgan fingerprint density at radius 3 is 2.05 bits per heavy atom. The average molecular weight is 266 g/mol. The quantitative estimate of drug-likeness (QED) is 0.573. The average Bonchev–Trinajstić information content (AvgIpc) is 3.25. The van der Waals surface area contributed by atoms with Crippen molar-refractivity contribution in [2.45, 2.75) is 6.42 Å². The van der Waals surface area contributed by atoms with Gasteiger partial charge in [-0.1, -0.05) is 12.2 Å². The number of carbonyl (C=O) groups excluding carboxylic acids is 2. The molecule has 3 fully saturated rings. The molecule has 4 nitrogen and oxygen atoms in total. The summed E-state index contributed by atoms with van der Waals surface area (Å²) in [5.74, 6) is 1.65. The third-order valence-electron chi connectivity index (χ3n) is 5.58. The largest absolute Gasteiger partial charge is 0.274 e. The van der Waals surface area contributed by atoms with Crippen molar-refractivity contribution in [3.05, 3.63) is 36.7 Å². The zero-order chi connectivity index (χ0) is 13.4. The molecule has 4 aliphatic carbocycles. The maximum absolute atomic E-state index is 12.8. The molecule has 1 saturated heterocycles. The highest BCUT2D eigenvalue weighted by molar-refractivity contribution is 6.22. The van der Waals surface area contributed by atoms with Crippen molar-refractivity contribution in [3.63, 3.8) is 0 Å². The zero-order valence-electron chi connectivity index (χ0n) is 10.8. The number of pyridine rings is 1. The highest BCUT2D eigenvalue weighted by Crippen LogP contribution is 2.65. The van der Waals surface area contributed by atoms with Gasteiger partial charge in [-0.05, 0) is 42.2 Å². The Morgan fingerprint density at radius 2 is 1.50 bits per heavy atom. The molecular formula is C16H14N2O2. The summed E-state index contributed by atoms with van der Waals surface area (Å²) in [7, 11) is 0. The molecule has 2 amide bonds. The van der Waals surface area contributed by atoms with Gasteiger partial charge in [-0.25, -0.2) is 4.90 Å². The standard InChI is InChI=1S/C16H14N2O2/c19-15-13-9-1-2-10(12-7-11(9)12)14(13)16(20)18(15)8-3-5-17-6-4-8/h1-6,9-14H,7H2/t9-,10-,11-,12+,13-,14+/m0/s1. The van der Waals surface area contributed by atoms with Gasteiger partial charge >= 0.3 is 0 Å². The Hall–Kier alpha value is -1.97. The lowest BCUT2D eigenvalue weighted by molar-refractivity contribution is -0.124. The van der Waals surface area contributed by atoms with Crippen LogP contribution >= 0.6 is 0 Å². The van der Waals surface area contributed by atoms with Gasteiger partial charge in [0, 0.05) is 12.4 Å². The van der Waals surface area contributed by atoms with Gasteiger partial charge in [0.15, 0.2) is 0 Å². The van der Waals surface area contributed by atoms with Crippen LogP contribution in [0.3, 0.4) is 0 Å². The smallest absolute Gasteiger partial charge is 0.238 e. The molecule has 2 saturated carbocycles. The van der Waals surface area contributed by atoms with Crippen LogP contribution in [-0.2, 0) is 9.59 Å². The predicted molar refractivity (Wildman–Crippen MR) is 71.4 cm³/mol. The van der Waals surface area contributed by atoms with Gasteiger partial charge in [0.25, 0.3) is 0 Å². The third kappa shape index (κ3) is 1.11. The Kier molecular flexibility index (Phi) is 1.82. The molecule has 1 aliphatic heterocycles. The van der Waals surface area contributed by atoms with Crippen LogP contribution in [0, 0.1) is 35.5 Å². The van der Waals surface area contributed by atoms with Crippen molar-refractivity contribution in [1.29, 1.82) is 0 Å². The van der Waals surface area contributed by atoms with Crippen LogP contribution in [0.5, 0.6) is 0 Å². The first-order valence-electron chi connectivity index (χ1n) is 7.23. The number of anilines is 1. The first-order valence-corrected chi connectivity index (χ1v) is 7.23. The molecule has 2 heterocycles. The molecule has 6 rings (SSSR count). The van der Waals surface area contributed by atoms with Crippen molar-refractivity contribution in [2.24, 2.45) is 35.5 Å². The van der Waals surface area contributed by atoms with Crippen LogP contribution in [0.15, 0.2) is 36.7 Å². The minimum atomic E-state index is -0.116. The van der Waals surface area contributed by atoms with Gasteiger partial charge in [-0.15, -0.1) is 0 Å². The van der Waals surface area contributed by atoms with E-state index in [1.807, 2.05) is 0 Å². The summed E-state index contributed by atoms with van der Waals surface area (Å²) in [6.45, 7) is 0. The number of amides is 2. The second kappa shape index (κ2) is 3.37.